The Hall–Kier alpha value is -5.20. The quantitative estimate of drug-likeness (QED) is 0.172. The normalized spacial score (nSPS) is 11.5. The summed E-state index contributed by atoms with van der Waals surface area (Å²) in [5, 5.41) is 21.0. The molecule has 0 aliphatic carbocycles. The van der Waals surface area contributed by atoms with E-state index in [1.807, 2.05) is 24.3 Å². The number of nitrogens with zero attached hydrogens (tertiary/aromatic N) is 2. The number of hydrogen-bond donors (Lipinski definition) is 5. The predicted molar refractivity (Wildman–Crippen MR) is 131 cm³/mol. The number of carboxylic acid groups (broad SMARTS) is 1. The first-order valence-corrected chi connectivity index (χ1v) is 11.5. The first-order valence-electron chi connectivity index (χ1n) is 11.5. The largest absolute Gasteiger partial charge is 0.480 e. The summed E-state index contributed by atoms with van der Waals surface area (Å²) in [6.45, 7) is -0.988. The Kier molecular flexibility index (Phi) is 7.96. The van der Waals surface area contributed by atoms with E-state index in [1.54, 1.807) is 30.5 Å². The van der Waals surface area contributed by atoms with Crippen molar-refractivity contribution in [3.8, 4) is 11.6 Å². The number of carbonyl (C=O) groups is 4. The molecule has 0 saturated heterocycles. The van der Waals surface area contributed by atoms with Crippen LogP contribution in [0, 0.1) is 0 Å². The molecule has 4 rings (SSSR count). The summed E-state index contributed by atoms with van der Waals surface area (Å²) >= 11 is 0. The van der Waals surface area contributed by atoms with Gasteiger partial charge in [0, 0.05) is 41.2 Å². The van der Waals surface area contributed by atoms with Crippen LogP contribution in [0.1, 0.15) is 15.9 Å². The van der Waals surface area contributed by atoms with Gasteiger partial charge in [0.05, 0.1) is 13.7 Å². The number of carbonyl (C=O) groups excluding carboxylic acids is 3. The van der Waals surface area contributed by atoms with Crippen molar-refractivity contribution in [2.45, 2.75) is 12.5 Å². The Morgan fingerprint density at radius 2 is 1.84 bits per heavy atom. The number of fused-ring (bicyclic) bond motifs is 1. The molecule has 4 aromatic rings. The van der Waals surface area contributed by atoms with Crippen LogP contribution in [-0.2, 0) is 20.8 Å². The summed E-state index contributed by atoms with van der Waals surface area (Å²) in [5.41, 5.74) is 2.55. The number of ether oxygens (including phenoxy) is 1. The summed E-state index contributed by atoms with van der Waals surface area (Å²) in [6.07, 6.45) is 3.37. The van der Waals surface area contributed by atoms with Crippen molar-refractivity contribution in [3.63, 3.8) is 0 Å². The Morgan fingerprint density at radius 3 is 2.55 bits per heavy atom. The highest BCUT2D eigenvalue weighted by Crippen LogP contribution is 2.19. The lowest BCUT2D eigenvalue weighted by molar-refractivity contribution is -0.670. The molecule has 0 fully saturated rings. The molecule has 0 aliphatic rings. The number of aliphatic carboxylic acids is 1. The zero-order chi connectivity index (χ0) is 27.1. The molecule has 2 heterocycles. The summed E-state index contributed by atoms with van der Waals surface area (Å²) in [5.74, 6) is -2.77. The van der Waals surface area contributed by atoms with E-state index in [0.717, 1.165) is 16.5 Å². The smallest absolute Gasteiger partial charge is 0.383 e. The van der Waals surface area contributed by atoms with Gasteiger partial charge in [0.25, 0.3) is 12.1 Å². The van der Waals surface area contributed by atoms with Gasteiger partial charge in [-0.1, -0.05) is 18.2 Å². The van der Waals surface area contributed by atoms with Crippen molar-refractivity contribution >= 4 is 34.6 Å². The second-order valence-electron chi connectivity index (χ2n) is 8.19. The topological polar surface area (TPSA) is 180 Å². The van der Waals surface area contributed by atoms with Gasteiger partial charge in [0.2, 0.25) is 22.8 Å². The van der Waals surface area contributed by atoms with Crippen molar-refractivity contribution in [2.24, 2.45) is 0 Å². The van der Waals surface area contributed by atoms with Crippen LogP contribution in [-0.4, -0.2) is 65.3 Å². The monoisotopic (exact) mass is 521 g/mol. The number of nitrogens with one attached hydrogen (secondary N) is 4. The third-order valence-electron chi connectivity index (χ3n) is 5.62. The summed E-state index contributed by atoms with van der Waals surface area (Å²) in [6, 6.07) is 12.8. The lowest BCUT2D eigenvalue weighted by Gasteiger charge is -2.18. The van der Waals surface area contributed by atoms with E-state index < -0.39 is 42.8 Å². The highest BCUT2D eigenvalue weighted by atomic mass is 16.6. The maximum Gasteiger partial charge on any atom is 0.383 e. The molecular formula is C25H25N6O7+. The second kappa shape index (κ2) is 11.7. The molecule has 38 heavy (non-hydrogen) atoms. The van der Waals surface area contributed by atoms with Gasteiger partial charge in [0.15, 0.2) is 0 Å². The third kappa shape index (κ3) is 6.32. The fraction of sp³-hybridized carbons (Fsp3) is 0.200. The Morgan fingerprint density at radius 1 is 1.08 bits per heavy atom. The number of aromatic nitrogens is 3. The van der Waals surface area contributed by atoms with Gasteiger partial charge in [-0.05, 0) is 28.4 Å². The highest BCUT2D eigenvalue weighted by Gasteiger charge is 2.23. The van der Waals surface area contributed by atoms with E-state index in [9.17, 15) is 19.2 Å². The molecule has 0 saturated carbocycles. The van der Waals surface area contributed by atoms with Crippen LogP contribution in [0.4, 0.5) is 0 Å². The standard InChI is InChI=1S/C25H24N6O7/c1-37-23-14-31(30-38-23)17-8-6-15(7-9-17)24(35)27-12-21(32)29-20(25(36)28-13-22(33)34)10-16-11-26-19-5-3-2-4-18(16)19/h2-9,11,14,20,26H,10,12-13H2,1H3,(H3-,27,28,29,32,33,34,35,36)/p+1. The SMILES string of the molecule is COc1c[n+](-c2ccc(C(=O)NCC(=O)NC(Cc3c[nH]c4ccccc34)C(=O)NCC(=O)O)cc2)no1. The van der Waals surface area contributed by atoms with Gasteiger partial charge in [-0.3, -0.25) is 23.7 Å². The molecule has 0 radical (unpaired) electrons. The lowest BCUT2D eigenvalue weighted by Crippen LogP contribution is -2.51. The molecule has 1 atom stereocenters. The molecule has 2 aromatic carbocycles. The van der Waals surface area contributed by atoms with Crippen LogP contribution >= 0.6 is 0 Å². The maximum absolute atomic E-state index is 12.7. The van der Waals surface area contributed by atoms with E-state index in [-0.39, 0.29) is 12.4 Å². The van der Waals surface area contributed by atoms with E-state index in [1.165, 1.54) is 18.0 Å². The minimum absolute atomic E-state index is 0.112. The number of aromatic amines is 1. The fourth-order valence-corrected chi connectivity index (χ4v) is 3.73. The van der Waals surface area contributed by atoms with E-state index in [0.29, 0.717) is 11.3 Å². The number of methoxy groups -OCH3 is 1. The van der Waals surface area contributed by atoms with Gasteiger partial charge in [-0.25, -0.2) is 0 Å². The van der Waals surface area contributed by atoms with Gasteiger partial charge >= 0.3 is 11.9 Å². The number of rotatable bonds is 11. The number of carboxylic acids is 1. The van der Waals surface area contributed by atoms with Crippen LogP contribution in [0.25, 0.3) is 16.6 Å². The Bertz CT molecular complexity index is 1460. The third-order valence-corrected chi connectivity index (χ3v) is 5.62. The molecule has 0 aliphatic heterocycles. The van der Waals surface area contributed by atoms with E-state index in [2.05, 4.69) is 26.2 Å². The van der Waals surface area contributed by atoms with Crippen molar-refractivity contribution in [2.75, 3.05) is 20.2 Å². The molecule has 2 aromatic heterocycles. The van der Waals surface area contributed by atoms with Crippen LogP contribution < -0.4 is 25.4 Å². The molecule has 196 valence electrons. The number of para-hydroxylation sites is 1. The van der Waals surface area contributed by atoms with Gasteiger partial charge < -0.3 is 30.8 Å². The second-order valence-corrected chi connectivity index (χ2v) is 8.19. The summed E-state index contributed by atoms with van der Waals surface area (Å²) in [4.78, 5) is 51.8. The van der Waals surface area contributed by atoms with Crippen LogP contribution in [0.3, 0.4) is 0 Å². The molecule has 13 heteroatoms. The van der Waals surface area contributed by atoms with Gasteiger partial charge in [-0.2, -0.15) is 0 Å². The Balaban J connectivity index is 1.37. The van der Waals surface area contributed by atoms with Gasteiger partial charge in [0.1, 0.15) is 12.6 Å². The molecule has 0 spiro atoms. The minimum atomic E-state index is -1.21. The first-order chi connectivity index (χ1) is 18.3. The zero-order valence-corrected chi connectivity index (χ0v) is 20.3. The van der Waals surface area contributed by atoms with Crippen molar-refractivity contribution in [1.29, 1.82) is 0 Å². The predicted octanol–water partition coefficient (Wildman–Crippen LogP) is 0.0993. The van der Waals surface area contributed by atoms with Gasteiger partial charge in [-0.15, -0.1) is 0 Å². The molecular weight excluding hydrogens is 496 g/mol. The lowest BCUT2D eigenvalue weighted by atomic mass is 10.0. The number of hydrogen-bond acceptors (Lipinski definition) is 7. The van der Waals surface area contributed by atoms with E-state index >= 15 is 0 Å². The fourth-order valence-electron chi connectivity index (χ4n) is 3.73. The maximum atomic E-state index is 12.7. The first kappa shape index (κ1) is 25.9. The molecule has 3 amide bonds. The highest BCUT2D eigenvalue weighted by molar-refractivity contribution is 5.97. The average Bonchev–Trinajstić information content (AvgIpc) is 3.57. The zero-order valence-electron chi connectivity index (χ0n) is 20.3. The van der Waals surface area contributed by atoms with Crippen molar-refractivity contribution < 1.29 is 38.2 Å². The van der Waals surface area contributed by atoms with Crippen LogP contribution in [0.2, 0.25) is 0 Å². The average molecular weight is 522 g/mol. The summed E-state index contributed by atoms with van der Waals surface area (Å²) in [7, 11) is 1.45. The number of amides is 3. The minimum Gasteiger partial charge on any atom is -0.480 e. The van der Waals surface area contributed by atoms with Crippen LogP contribution in [0.15, 0.2) is 65.4 Å². The number of benzene rings is 2. The van der Waals surface area contributed by atoms with E-state index in [4.69, 9.17) is 14.4 Å². The summed E-state index contributed by atoms with van der Waals surface area (Å²) < 4.78 is 11.3. The van der Waals surface area contributed by atoms with Crippen LogP contribution in [0.5, 0.6) is 5.95 Å². The van der Waals surface area contributed by atoms with Crippen molar-refractivity contribution in [3.05, 3.63) is 72.1 Å². The number of H-pyrrole nitrogens is 1. The molecule has 1 unspecified atom stereocenters. The molecule has 13 nitrogen and oxygen atoms in total. The van der Waals surface area contributed by atoms with Crippen molar-refractivity contribution in [1.82, 2.24) is 26.2 Å². The Labute approximate surface area is 215 Å². The molecule has 0 bridgehead atoms. The molecule has 5 N–H and O–H groups in total.